The number of hydrogen-bond acceptors (Lipinski definition) is 3. The first-order valence-corrected chi connectivity index (χ1v) is 8.06. The molecule has 4 heteroatoms. The Morgan fingerprint density at radius 1 is 1.38 bits per heavy atom. The highest BCUT2D eigenvalue weighted by Gasteiger charge is 2.23. The molecule has 2 N–H and O–H groups in total. The summed E-state index contributed by atoms with van der Waals surface area (Å²) >= 11 is 0. The molecule has 1 aliphatic carbocycles. The highest BCUT2D eigenvalue weighted by atomic mass is 16.5. The van der Waals surface area contributed by atoms with Crippen LogP contribution in [0.1, 0.15) is 39.5 Å². The second kappa shape index (κ2) is 5.96. The quantitative estimate of drug-likeness (QED) is 0.909. The molecule has 2 aromatic rings. The lowest BCUT2D eigenvalue weighted by atomic mass is 10.1. The number of rotatable bonds is 5. The molecule has 3 rings (SSSR count). The Morgan fingerprint density at radius 3 is 2.95 bits per heavy atom. The minimum absolute atomic E-state index is 0.608. The zero-order chi connectivity index (χ0) is 14.8. The van der Waals surface area contributed by atoms with Crippen LogP contribution in [0.25, 0.3) is 11.0 Å². The molecule has 0 spiro atoms. The Labute approximate surface area is 126 Å². The maximum atomic E-state index is 6.16. The number of fused-ring (bicyclic) bond motifs is 1. The molecule has 1 fully saturated rings. The van der Waals surface area contributed by atoms with Crippen molar-refractivity contribution in [3.05, 3.63) is 18.2 Å². The number of anilines is 1. The van der Waals surface area contributed by atoms with Crippen molar-refractivity contribution in [3.63, 3.8) is 0 Å². The number of hydrogen-bond donors (Lipinski definition) is 1. The van der Waals surface area contributed by atoms with Crippen LogP contribution in [0, 0.1) is 11.8 Å². The Kier molecular flexibility index (Phi) is 4.04. The van der Waals surface area contributed by atoms with Gasteiger partial charge in [-0.3, -0.25) is 0 Å². The molecule has 0 amide bonds. The Morgan fingerprint density at radius 2 is 2.24 bits per heavy atom. The van der Waals surface area contributed by atoms with E-state index in [-0.39, 0.29) is 0 Å². The summed E-state index contributed by atoms with van der Waals surface area (Å²) in [4.78, 5) is 4.54. The van der Waals surface area contributed by atoms with Crippen molar-refractivity contribution < 1.29 is 4.74 Å². The van der Waals surface area contributed by atoms with Gasteiger partial charge in [0.25, 0.3) is 0 Å². The van der Waals surface area contributed by atoms with Gasteiger partial charge in [-0.05, 0) is 43.2 Å². The van der Waals surface area contributed by atoms with Gasteiger partial charge < -0.3 is 15.0 Å². The summed E-state index contributed by atoms with van der Waals surface area (Å²) in [5, 5.41) is 0. The van der Waals surface area contributed by atoms with Gasteiger partial charge in [-0.1, -0.05) is 26.3 Å². The summed E-state index contributed by atoms with van der Waals surface area (Å²) < 4.78 is 7.96. The van der Waals surface area contributed by atoms with E-state index in [4.69, 9.17) is 10.5 Å². The minimum atomic E-state index is 0.608. The van der Waals surface area contributed by atoms with Crippen molar-refractivity contribution in [2.24, 2.45) is 11.8 Å². The molecule has 0 saturated heterocycles. The summed E-state index contributed by atoms with van der Waals surface area (Å²) in [6.07, 6.45) is 4.92. The Bertz CT molecular complexity index is 620. The number of aromatic nitrogens is 2. The van der Waals surface area contributed by atoms with E-state index in [1.165, 1.54) is 19.3 Å². The van der Waals surface area contributed by atoms with E-state index in [0.717, 1.165) is 41.6 Å². The first-order valence-electron chi connectivity index (χ1n) is 8.06. The van der Waals surface area contributed by atoms with Gasteiger partial charge in [0, 0.05) is 6.54 Å². The highest BCUT2D eigenvalue weighted by molar-refractivity contribution is 5.84. The summed E-state index contributed by atoms with van der Waals surface area (Å²) in [5.74, 6) is 3.02. The molecule has 114 valence electrons. The molecule has 1 heterocycles. The van der Waals surface area contributed by atoms with Crippen LogP contribution in [0.4, 0.5) is 5.95 Å². The summed E-state index contributed by atoms with van der Waals surface area (Å²) in [5.41, 5.74) is 8.16. The molecular weight excluding hydrogens is 262 g/mol. The standard InChI is InChI=1S/C17H25N3O/c1-3-9-21-15-6-4-5-14-16(15)19-17(18)20(14)11-13-8-7-12(2)10-13/h4-6,12-13H,3,7-11H2,1-2H3,(H2,18,19). The van der Waals surface area contributed by atoms with Crippen molar-refractivity contribution >= 4 is 17.0 Å². The maximum Gasteiger partial charge on any atom is 0.201 e. The third-order valence-corrected chi connectivity index (χ3v) is 4.48. The normalized spacial score (nSPS) is 22.0. The van der Waals surface area contributed by atoms with Crippen LogP contribution in [0.2, 0.25) is 0 Å². The Balaban J connectivity index is 1.90. The van der Waals surface area contributed by atoms with Crippen LogP contribution in [0.3, 0.4) is 0 Å². The number of nitrogens with zero attached hydrogens (tertiary/aromatic N) is 2. The summed E-state index contributed by atoms with van der Waals surface area (Å²) in [6, 6.07) is 6.10. The van der Waals surface area contributed by atoms with E-state index < -0.39 is 0 Å². The average molecular weight is 287 g/mol. The van der Waals surface area contributed by atoms with E-state index in [0.29, 0.717) is 12.6 Å². The molecule has 0 radical (unpaired) electrons. The van der Waals surface area contributed by atoms with Crippen LogP contribution in [0.15, 0.2) is 18.2 Å². The molecule has 0 aliphatic heterocycles. The fraction of sp³-hybridized carbons (Fsp3) is 0.588. The zero-order valence-corrected chi connectivity index (χ0v) is 13.0. The lowest BCUT2D eigenvalue weighted by molar-refractivity contribution is 0.320. The second-order valence-electron chi connectivity index (χ2n) is 6.34. The third-order valence-electron chi connectivity index (χ3n) is 4.48. The van der Waals surface area contributed by atoms with Crippen molar-refractivity contribution in [1.29, 1.82) is 0 Å². The average Bonchev–Trinajstić information content (AvgIpc) is 3.02. The summed E-state index contributed by atoms with van der Waals surface area (Å²) in [6.45, 7) is 6.14. The zero-order valence-electron chi connectivity index (χ0n) is 13.0. The lowest BCUT2D eigenvalue weighted by Crippen LogP contribution is -2.10. The molecule has 2 unspecified atom stereocenters. The second-order valence-corrected chi connectivity index (χ2v) is 6.34. The van der Waals surface area contributed by atoms with Gasteiger partial charge in [-0.15, -0.1) is 0 Å². The van der Waals surface area contributed by atoms with Gasteiger partial charge >= 0.3 is 0 Å². The number of imidazole rings is 1. The molecule has 1 saturated carbocycles. The SMILES string of the molecule is CCCOc1cccc2c1nc(N)n2CC1CCC(C)C1. The van der Waals surface area contributed by atoms with Gasteiger partial charge in [0.05, 0.1) is 12.1 Å². The van der Waals surface area contributed by atoms with Crippen molar-refractivity contribution in [1.82, 2.24) is 9.55 Å². The molecular formula is C17H25N3O. The van der Waals surface area contributed by atoms with E-state index in [1.807, 2.05) is 12.1 Å². The lowest BCUT2D eigenvalue weighted by Gasteiger charge is -2.13. The van der Waals surface area contributed by atoms with E-state index in [2.05, 4.69) is 29.5 Å². The number of para-hydroxylation sites is 1. The highest BCUT2D eigenvalue weighted by Crippen LogP contribution is 2.34. The molecule has 2 atom stereocenters. The van der Waals surface area contributed by atoms with Crippen LogP contribution in [0.5, 0.6) is 5.75 Å². The molecule has 1 aromatic heterocycles. The number of nitrogen functional groups attached to an aromatic ring is 1. The van der Waals surface area contributed by atoms with E-state index in [1.54, 1.807) is 0 Å². The molecule has 1 aromatic carbocycles. The van der Waals surface area contributed by atoms with Crippen molar-refractivity contribution in [3.8, 4) is 5.75 Å². The van der Waals surface area contributed by atoms with Gasteiger partial charge in [-0.25, -0.2) is 4.98 Å². The molecule has 21 heavy (non-hydrogen) atoms. The fourth-order valence-electron chi connectivity index (χ4n) is 3.41. The molecule has 1 aliphatic rings. The first kappa shape index (κ1) is 14.2. The molecule has 4 nitrogen and oxygen atoms in total. The van der Waals surface area contributed by atoms with Crippen LogP contribution in [-0.4, -0.2) is 16.2 Å². The number of nitrogens with two attached hydrogens (primary N) is 1. The molecule has 0 bridgehead atoms. The smallest absolute Gasteiger partial charge is 0.201 e. The summed E-state index contributed by atoms with van der Waals surface area (Å²) in [7, 11) is 0. The predicted octanol–water partition coefficient (Wildman–Crippen LogP) is 3.84. The topological polar surface area (TPSA) is 53.1 Å². The first-order chi connectivity index (χ1) is 10.2. The number of benzene rings is 1. The maximum absolute atomic E-state index is 6.16. The largest absolute Gasteiger partial charge is 0.491 e. The van der Waals surface area contributed by atoms with Crippen LogP contribution in [-0.2, 0) is 6.54 Å². The van der Waals surface area contributed by atoms with Gasteiger partial charge in [0.2, 0.25) is 5.95 Å². The van der Waals surface area contributed by atoms with Crippen molar-refractivity contribution in [2.75, 3.05) is 12.3 Å². The predicted molar refractivity (Wildman–Crippen MR) is 86.4 cm³/mol. The number of ether oxygens (including phenoxy) is 1. The van der Waals surface area contributed by atoms with E-state index >= 15 is 0 Å². The van der Waals surface area contributed by atoms with Gasteiger partial charge in [0.15, 0.2) is 0 Å². The van der Waals surface area contributed by atoms with Crippen molar-refractivity contribution in [2.45, 2.75) is 46.1 Å². The Hall–Kier alpha value is -1.71. The van der Waals surface area contributed by atoms with Gasteiger partial charge in [-0.2, -0.15) is 0 Å². The third kappa shape index (κ3) is 2.85. The van der Waals surface area contributed by atoms with E-state index in [9.17, 15) is 0 Å². The fourth-order valence-corrected chi connectivity index (χ4v) is 3.41. The van der Waals surface area contributed by atoms with Gasteiger partial charge in [0.1, 0.15) is 11.3 Å². The minimum Gasteiger partial charge on any atom is -0.491 e. The van der Waals surface area contributed by atoms with Crippen LogP contribution >= 0.6 is 0 Å². The monoisotopic (exact) mass is 287 g/mol. The van der Waals surface area contributed by atoms with Crippen LogP contribution < -0.4 is 10.5 Å².